The van der Waals surface area contributed by atoms with Crippen LogP contribution in [-0.4, -0.2) is 23.6 Å². The highest BCUT2D eigenvalue weighted by atomic mass is 35.5. The second-order valence-corrected chi connectivity index (χ2v) is 7.76. The first kappa shape index (κ1) is 21.9. The van der Waals surface area contributed by atoms with E-state index in [0.717, 1.165) is 23.1 Å². The topological polar surface area (TPSA) is 81.4 Å². The summed E-state index contributed by atoms with van der Waals surface area (Å²) in [7, 11) is 0. The summed E-state index contributed by atoms with van der Waals surface area (Å²) in [5.41, 5.74) is 2.35. The Hall–Kier alpha value is -2.84. The van der Waals surface area contributed by atoms with Gasteiger partial charge in [-0.3, -0.25) is 4.79 Å². The monoisotopic (exact) mass is 448 g/mol. The molecule has 3 aromatic rings. The molecule has 0 saturated carbocycles. The molecule has 3 rings (SSSR count). The number of rotatable bonds is 7. The molecular weight excluding hydrogens is 431 g/mol. The lowest BCUT2D eigenvalue weighted by Gasteiger charge is -2.10. The summed E-state index contributed by atoms with van der Waals surface area (Å²) in [6, 6.07) is 10.5. The number of halogens is 2. The molecule has 6 nitrogen and oxygen atoms in total. The summed E-state index contributed by atoms with van der Waals surface area (Å²) in [6.45, 7) is 3.19. The van der Waals surface area contributed by atoms with Gasteiger partial charge < -0.3 is 14.6 Å². The standard InChI is InChI=1S/C21H18ClFN2O4S/c1-12-16(13(2)29-25-12)11-30-19-6-4-3-5-15(19)21(27)28-10-20(26)24-18-8-7-14(23)9-17(18)22/h3-9H,10-11H2,1-2H3,(H,24,26). The predicted molar refractivity (Wildman–Crippen MR) is 112 cm³/mol. The van der Waals surface area contributed by atoms with Gasteiger partial charge in [0.2, 0.25) is 0 Å². The number of hydrogen-bond acceptors (Lipinski definition) is 6. The number of hydrogen-bond donors (Lipinski definition) is 1. The van der Waals surface area contributed by atoms with Crippen molar-refractivity contribution in [1.82, 2.24) is 5.16 Å². The van der Waals surface area contributed by atoms with Crippen molar-refractivity contribution in [2.24, 2.45) is 0 Å². The molecule has 0 saturated heterocycles. The molecule has 0 aliphatic rings. The molecule has 0 aliphatic carbocycles. The largest absolute Gasteiger partial charge is 0.452 e. The minimum Gasteiger partial charge on any atom is -0.452 e. The van der Waals surface area contributed by atoms with E-state index in [1.807, 2.05) is 19.9 Å². The second kappa shape index (κ2) is 9.77. The molecule has 0 unspecified atom stereocenters. The van der Waals surface area contributed by atoms with Crippen LogP contribution in [0.4, 0.5) is 10.1 Å². The number of thioether (sulfide) groups is 1. The molecule has 0 radical (unpaired) electrons. The number of carbonyl (C=O) groups is 2. The van der Waals surface area contributed by atoms with Crippen LogP contribution in [0.25, 0.3) is 0 Å². The van der Waals surface area contributed by atoms with Crippen molar-refractivity contribution in [2.45, 2.75) is 24.5 Å². The van der Waals surface area contributed by atoms with E-state index in [4.69, 9.17) is 20.9 Å². The second-order valence-electron chi connectivity index (χ2n) is 6.34. The number of ether oxygens (including phenoxy) is 1. The van der Waals surface area contributed by atoms with Crippen molar-refractivity contribution in [1.29, 1.82) is 0 Å². The smallest absolute Gasteiger partial charge is 0.339 e. The summed E-state index contributed by atoms with van der Waals surface area (Å²) >= 11 is 7.32. The first-order valence-corrected chi connectivity index (χ1v) is 10.3. The zero-order chi connectivity index (χ0) is 21.7. The summed E-state index contributed by atoms with van der Waals surface area (Å²) < 4.78 is 23.4. The van der Waals surface area contributed by atoms with Gasteiger partial charge in [0.1, 0.15) is 11.6 Å². The van der Waals surface area contributed by atoms with Gasteiger partial charge >= 0.3 is 5.97 Å². The van der Waals surface area contributed by atoms with Gasteiger partial charge in [0, 0.05) is 16.2 Å². The molecular formula is C21H18ClFN2O4S. The van der Waals surface area contributed by atoms with E-state index >= 15 is 0 Å². The number of esters is 1. The molecule has 0 spiro atoms. The van der Waals surface area contributed by atoms with Crippen LogP contribution in [0.1, 0.15) is 27.4 Å². The Morgan fingerprint density at radius 1 is 1.23 bits per heavy atom. The summed E-state index contributed by atoms with van der Waals surface area (Å²) in [5.74, 6) is -0.420. The van der Waals surface area contributed by atoms with Gasteiger partial charge in [0.25, 0.3) is 5.91 Å². The van der Waals surface area contributed by atoms with E-state index in [1.54, 1.807) is 18.2 Å². The molecule has 2 aromatic carbocycles. The maximum absolute atomic E-state index is 13.1. The molecule has 0 bridgehead atoms. The minimum atomic E-state index is -0.628. The molecule has 1 N–H and O–H groups in total. The number of benzene rings is 2. The molecule has 0 fully saturated rings. The number of amides is 1. The molecule has 1 amide bonds. The third kappa shape index (κ3) is 5.40. The summed E-state index contributed by atoms with van der Waals surface area (Å²) in [5, 5.41) is 6.45. The maximum atomic E-state index is 13.1. The third-order valence-corrected chi connectivity index (χ3v) is 5.61. The predicted octanol–water partition coefficient (Wildman–Crippen LogP) is 5.17. The Kier molecular flexibility index (Phi) is 7.12. The Bertz CT molecular complexity index is 1070. The van der Waals surface area contributed by atoms with Gasteiger partial charge in [-0.2, -0.15) is 0 Å². The quantitative estimate of drug-likeness (QED) is 0.396. The SMILES string of the molecule is Cc1noc(C)c1CSc1ccccc1C(=O)OCC(=O)Nc1ccc(F)cc1Cl. The Labute approximate surface area is 181 Å². The highest BCUT2D eigenvalue weighted by Crippen LogP contribution is 2.29. The van der Waals surface area contributed by atoms with Crippen molar-refractivity contribution in [3.8, 4) is 0 Å². The van der Waals surface area contributed by atoms with Gasteiger partial charge in [-0.1, -0.05) is 28.9 Å². The van der Waals surface area contributed by atoms with Crippen LogP contribution in [-0.2, 0) is 15.3 Å². The van der Waals surface area contributed by atoms with Crippen LogP contribution in [0.2, 0.25) is 5.02 Å². The van der Waals surface area contributed by atoms with Crippen molar-refractivity contribution in [2.75, 3.05) is 11.9 Å². The van der Waals surface area contributed by atoms with E-state index in [2.05, 4.69) is 10.5 Å². The van der Waals surface area contributed by atoms with Crippen LogP contribution in [0.3, 0.4) is 0 Å². The number of aryl methyl sites for hydroxylation is 2. The van der Waals surface area contributed by atoms with Crippen LogP contribution >= 0.6 is 23.4 Å². The van der Waals surface area contributed by atoms with Gasteiger partial charge in [-0.25, -0.2) is 9.18 Å². The lowest BCUT2D eigenvalue weighted by Crippen LogP contribution is -2.21. The van der Waals surface area contributed by atoms with Gasteiger partial charge in [-0.05, 0) is 44.2 Å². The lowest BCUT2D eigenvalue weighted by atomic mass is 10.2. The first-order valence-electron chi connectivity index (χ1n) is 8.90. The number of carbonyl (C=O) groups excluding carboxylic acids is 2. The normalized spacial score (nSPS) is 10.7. The molecule has 9 heteroatoms. The Morgan fingerprint density at radius 3 is 2.70 bits per heavy atom. The zero-order valence-corrected chi connectivity index (χ0v) is 17.8. The van der Waals surface area contributed by atoms with E-state index in [1.165, 1.54) is 23.9 Å². The number of anilines is 1. The highest BCUT2D eigenvalue weighted by molar-refractivity contribution is 7.98. The van der Waals surface area contributed by atoms with Crippen LogP contribution in [0.15, 0.2) is 51.9 Å². The van der Waals surface area contributed by atoms with Crippen molar-refractivity contribution >= 4 is 40.9 Å². The van der Waals surface area contributed by atoms with Crippen molar-refractivity contribution in [3.63, 3.8) is 0 Å². The first-order chi connectivity index (χ1) is 14.3. The van der Waals surface area contributed by atoms with Gasteiger partial charge in [0.15, 0.2) is 6.61 Å². The Balaban J connectivity index is 1.61. The highest BCUT2D eigenvalue weighted by Gasteiger charge is 2.17. The third-order valence-electron chi connectivity index (χ3n) is 4.20. The molecule has 30 heavy (non-hydrogen) atoms. The van der Waals surface area contributed by atoms with Gasteiger partial charge in [-0.15, -0.1) is 11.8 Å². The van der Waals surface area contributed by atoms with Crippen LogP contribution in [0, 0.1) is 19.7 Å². The van der Waals surface area contributed by atoms with Crippen molar-refractivity contribution in [3.05, 3.63) is 75.9 Å². The number of nitrogens with one attached hydrogen (secondary N) is 1. The molecule has 156 valence electrons. The fourth-order valence-electron chi connectivity index (χ4n) is 2.60. The molecule has 0 aliphatic heterocycles. The molecule has 1 aromatic heterocycles. The van der Waals surface area contributed by atoms with Gasteiger partial charge in [0.05, 0.1) is 22.0 Å². The molecule has 0 atom stereocenters. The fourth-order valence-corrected chi connectivity index (χ4v) is 4.01. The van der Waals surface area contributed by atoms with E-state index in [9.17, 15) is 14.0 Å². The average Bonchev–Trinajstić information content (AvgIpc) is 3.04. The number of aromatic nitrogens is 1. The van der Waals surface area contributed by atoms with Crippen LogP contribution in [0.5, 0.6) is 0 Å². The van der Waals surface area contributed by atoms with E-state index in [-0.39, 0.29) is 10.7 Å². The minimum absolute atomic E-state index is 0.0516. The van der Waals surface area contributed by atoms with E-state index in [0.29, 0.717) is 16.2 Å². The lowest BCUT2D eigenvalue weighted by molar-refractivity contribution is -0.119. The Morgan fingerprint density at radius 2 is 2.00 bits per heavy atom. The summed E-state index contributed by atoms with van der Waals surface area (Å²) in [4.78, 5) is 25.3. The zero-order valence-electron chi connectivity index (χ0n) is 16.2. The number of nitrogens with zero attached hydrogens (tertiary/aromatic N) is 1. The average molecular weight is 449 g/mol. The molecule has 1 heterocycles. The van der Waals surface area contributed by atoms with Crippen LogP contribution < -0.4 is 5.32 Å². The summed E-state index contributed by atoms with van der Waals surface area (Å²) in [6.07, 6.45) is 0. The van der Waals surface area contributed by atoms with E-state index < -0.39 is 24.3 Å². The maximum Gasteiger partial charge on any atom is 0.339 e. The van der Waals surface area contributed by atoms with Crippen molar-refractivity contribution < 1.29 is 23.2 Å². The fraction of sp³-hybridized carbons (Fsp3) is 0.190.